The monoisotopic (exact) mass is 351 g/mol. The van der Waals surface area contributed by atoms with Crippen LogP contribution in [0.25, 0.3) is 0 Å². The Morgan fingerprint density at radius 3 is 2.46 bits per heavy atom. The van der Waals surface area contributed by atoms with Gasteiger partial charge in [0.1, 0.15) is 12.4 Å². The van der Waals surface area contributed by atoms with E-state index in [9.17, 15) is 9.59 Å². The van der Waals surface area contributed by atoms with Crippen molar-refractivity contribution < 1.29 is 23.5 Å². The Balaban J connectivity index is 1.59. The molecule has 0 radical (unpaired) electrons. The van der Waals surface area contributed by atoms with Gasteiger partial charge in [0.15, 0.2) is 5.76 Å². The molecule has 3 aromatic rings. The number of amides is 1. The zero-order valence-electron chi connectivity index (χ0n) is 14.1. The molecule has 3 rings (SSSR count). The summed E-state index contributed by atoms with van der Waals surface area (Å²) in [6.45, 7) is 0.111. The topological polar surface area (TPSA) is 77.8 Å². The Morgan fingerprint density at radius 1 is 1.00 bits per heavy atom. The number of hydrogen-bond donors (Lipinski definition) is 1. The van der Waals surface area contributed by atoms with Crippen LogP contribution < -0.4 is 10.1 Å². The first-order valence-electron chi connectivity index (χ1n) is 7.91. The van der Waals surface area contributed by atoms with Crippen molar-refractivity contribution in [2.24, 2.45) is 0 Å². The molecule has 2 aromatic carbocycles. The van der Waals surface area contributed by atoms with Gasteiger partial charge in [-0.1, -0.05) is 18.2 Å². The van der Waals surface area contributed by atoms with Crippen LogP contribution >= 0.6 is 0 Å². The lowest BCUT2D eigenvalue weighted by atomic mass is 10.2. The van der Waals surface area contributed by atoms with E-state index in [0.717, 1.165) is 5.56 Å². The fraction of sp³-hybridized carbons (Fsp3) is 0.100. The number of methoxy groups -OCH3 is 1. The Hall–Kier alpha value is -3.54. The SMILES string of the molecule is COc1ccccc1COC(=O)c1ccc(NC(=O)c2ccco2)cc1. The molecule has 6 nitrogen and oxygen atoms in total. The molecule has 1 heterocycles. The van der Waals surface area contributed by atoms with Crippen LogP contribution in [-0.2, 0) is 11.3 Å². The van der Waals surface area contributed by atoms with Crippen molar-refractivity contribution in [3.05, 3.63) is 83.8 Å². The second-order valence-corrected chi connectivity index (χ2v) is 5.40. The number of hydrogen-bond acceptors (Lipinski definition) is 5. The molecule has 0 atom stereocenters. The Bertz CT molecular complexity index is 885. The molecule has 0 spiro atoms. The van der Waals surface area contributed by atoms with Gasteiger partial charge in [0.05, 0.1) is 18.9 Å². The number of carbonyl (C=O) groups is 2. The van der Waals surface area contributed by atoms with Crippen molar-refractivity contribution in [1.82, 2.24) is 0 Å². The Kier molecular flexibility index (Phi) is 5.34. The van der Waals surface area contributed by atoms with Gasteiger partial charge in [0, 0.05) is 11.3 Å². The highest BCUT2D eigenvalue weighted by Crippen LogP contribution is 2.19. The van der Waals surface area contributed by atoms with E-state index in [2.05, 4.69) is 5.32 Å². The predicted octanol–water partition coefficient (Wildman–Crippen LogP) is 3.90. The van der Waals surface area contributed by atoms with Crippen LogP contribution in [0.15, 0.2) is 71.3 Å². The van der Waals surface area contributed by atoms with Gasteiger partial charge >= 0.3 is 5.97 Å². The second kappa shape index (κ2) is 8.02. The number of anilines is 1. The van der Waals surface area contributed by atoms with Gasteiger partial charge in [-0.15, -0.1) is 0 Å². The van der Waals surface area contributed by atoms with Crippen LogP contribution in [0.3, 0.4) is 0 Å². The Morgan fingerprint density at radius 2 is 1.77 bits per heavy atom. The van der Waals surface area contributed by atoms with E-state index < -0.39 is 5.97 Å². The maximum absolute atomic E-state index is 12.2. The molecule has 0 aliphatic rings. The Labute approximate surface area is 150 Å². The standard InChI is InChI=1S/C20H17NO5/c1-24-17-6-3-2-5-15(17)13-26-20(23)14-8-10-16(11-9-14)21-19(22)18-7-4-12-25-18/h2-12H,13H2,1H3,(H,21,22). The molecule has 0 fully saturated rings. The van der Waals surface area contributed by atoms with Crippen LogP contribution in [0.1, 0.15) is 26.5 Å². The van der Waals surface area contributed by atoms with E-state index >= 15 is 0 Å². The molecular weight excluding hydrogens is 334 g/mol. The first kappa shape index (κ1) is 17.3. The number of carbonyl (C=O) groups excluding carboxylic acids is 2. The highest BCUT2D eigenvalue weighted by Gasteiger charge is 2.11. The maximum Gasteiger partial charge on any atom is 0.338 e. The normalized spacial score (nSPS) is 10.2. The van der Waals surface area contributed by atoms with E-state index in [4.69, 9.17) is 13.9 Å². The van der Waals surface area contributed by atoms with E-state index in [1.807, 2.05) is 18.2 Å². The minimum atomic E-state index is -0.459. The smallest absolute Gasteiger partial charge is 0.338 e. The minimum absolute atomic E-state index is 0.111. The average molecular weight is 351 g/mol. The predicted molar refractivity (Wildman–Crippen MR) is 95.2 cm³/mol. The maximum atomic E-state index is 12.2. The largest absolute Gasteiger partial charge is 0.496 e. The van der Waals surface area contributed by atoms with Crippen molar-refractivity contribution in [2.75, 3.05) is 12.4 Å². The van der Waals surface area contributed by atoms with Gasteiger partial charge in [0.25, 0.3) is 5.91 Å². The highest BCUT2D eigenvalue weighted by atomic mass is 16.5. The summed E-state index contributed by atoms with van der Waals surface area (Å²) in [7, 11) is 1.57. The van der Waals surface area contributed by atoms with Crippen LogP contribution in [0.5, 0.6) is 5.75 Å². The molecule has 1 amide bonds. The van der Waals surface area contributed by atoms with Crippen LogP contribution in [0.4, 0.5) is 5.69 Å². The molecule has 1 aromatic heterocycles. The summed E-state index contributed by atoms with van der Waals surface area (Å²) in [5, 5.41) is 2.68. The van der Waals surface area contributed by atoms with Crippen molar-refractivity contribution in [2.45, 2.75) is 6.61 Å². The summed E-state index contributed by atoms with van der Waals surface area (Å²) < 4.78 is 15.6. The average Bonchev–Trinajstić information content (AvgIpc) is 3.22. The number of rotatable bonds is 6. The van der Waals surface area contributed by atoms with Crippen LogP contribution in [-0.4, -0.2) is 19.0 Å². The zero-order chi connectivity index (χ0) is 18.4. The lowest BCUT2D eigenvalue weighted by Crippen LogP contribution is -2.11. The summed E-state index contributed by atoms with van der Waals surface area (Å²) >= 11 is 0. The summed E-state index contributed by atoms with van der Waals surface area (Å²) in [5.41, 5.74) is 1.72. The number of para-hydroxylation sites is 1. The van der Waals surface area contributed by atoms with Gasteiger partial charge in [0.2, 0.25) is 0 Å². The lowest BCUT2D eigenvalue weighted by Gasteiger charge is -2.09. The number of furan rings is 1. The lowest BCUT2D eigenvalue weighted by molar-refractivity contribution is 0.0470. The number of esters is 1. The summed E-state index contributed by atoms with van der Waals surface area (Å²) in [4.78, 5) is 24.1. The third-order valence-electron chi connectivity index (χ3n) is 3.67. The summed E-state index contributed by atoms with van der Waals surface area (Å²) in [6.07, 6.45) is 1.43. The fourth-order valence-electron chi connectivity index (χ4n) is 2.34. The highest BCUT2D eigenvalue weighted by molar-refractivity contribution is 6.02. The van der Waals surface area contributed by atoms with Crippen molar-refractivity contribution in [1.29, 1.82) is 0 Å². The summed E-state index contributed by atoms with van der Waals surface area (Å²) in [5.74, 6) is 0.0582. The van der Waals surface area contributed by atoms with Crippen molar-refractivity contribution in [3.63, 3.8) is 0 Å². The molecule has 26 heavy (non-hydrogen) atoms. The first-order chi connectivity index (χ1) is 12.7. The molecular formula is C20H17NO5. The molecule has 0 bridgehead atoms. The summed E-state index contributed by atoms with van der Waals surface area (Å²) in [6, 6.07) is 17.0. The molecule has 0 saturated carbocycles. The van der Waals surface area contributed by atoms with Gasteiger partial charge in [-0.05, 0) is 42.5 Å². The van der Waals surface area contributed by atoms with E-state index in [-0.39, 0.29) is 18.3 Å². The van der Waals surface area contributed by atoms with Gasteiger partial charge in [-0.2, -0.15) is 0 Å². The zero-order valence-corrected chi connectivity index (χ0v) is 14.1. The van der Waals surface area contributed by atoms with Crippen molar-refractivity contribution >= 4 is 17.6 Å². The molecule has 6 heteroatoms. The molecule has 0 saturated heterocycles. The molecule has 0 unspecified atom stereocenters. The van der Waals surface area contributed by atoms with Gasteiger partial charge in [-0.3, -0.25) is 4.79 Å². The molecule has 0 aliphatic carbocycles. The molecule has 0 aliphatic heterocycles. The van der Waals surface area contributed by atoms with E-state index in [0.29, 0.717) is 17.0 Å². The third kappa shape index (κ3) is 4.10. The van der Waals surface area contributed by atoms with E-state index in [1.165, 1.54) is 6.26 Å². The quantitative estimate of drug-likeness (QED) is 0.682. The number of nitrogens with one attached hydrogen (secondary N) is 1. The van der Waals surface area contributed by atoms with Gasteiger partial charge in [-0.25, -0.2) is 4.79 Å². The fourth-order valence-corrected chi connectivity index (χ4v) is 2.34. The van der Waals surface area contributed by atoms with Gasteiger partial charge < -0.3 is 19.2 Å². The van der Waals surface area contributed by atoms with Crippen LogP contribution in [0, 0.1) is 0 Å². The second-order valence-electron chi connectivity index (χ2n) is 5.40. The van der Waals surface area contributed by atoms with Crippen LogP contribution in [0.2, 0.25) is 0 Å². The van der Waals surface area contributed by atoms with Crippen molar-refractivity contribution in [3.8, 4) is 5.75 Å². The molecule has 1 N–H and O–H groups in total. The number of ether oxygens (including phenoxy) is 2. The number of benzene rings is 2. The first-order valence-corrected chi connectivity index (χ1v) is 7.91. The minimum Gasteiger partial charge on any atom is -0.496 e. The third-order valence-corrected chi connectivity index (χ3v) is 3.67. The molecule has 132 valence electrons. The van der Waals surface area contributed by atoms with E-state index in [1.54, 1.807) is 49.6 Å².